The van der Waals surface area contributed by atoms with Crippen molar-refractivity contribution in [2.45, 2.75) is 45.7 Å². The average Bonchev–Trinajstić information content (AvgIpc) is 2.22. The van der Waals surface area contributed by atoms with E-state index in [9.17, 15) is 13.2 Å². The third-order valence-electron chi connectivity index (χ3n) is 2.77. The summed E-state index contributed by atoms with van der Waals surface area (Å²) in [5.41, 5.74) is -0.303. The Morgan fingerprint density at radius 3 is 2.12 bits per heavy atom. The second-order valence-electron chi connectivity index (χ2n) is 4.20. The van der Waals surface area contributed by atoms with Crippen molar-refractivity contribution in [2.75, 3.05) is 19.1 Å². The maximum atomic E-state index is 11.9. The van der Waals surface area contributed by atoms with Gasteiger partial charge in [0, 0.05) is 11.3 Å². The molecule has 0 fully saturated rings. The molecule has 0 aromatic carbocycles. The number of ether oxygens (including phenoxy) is 1. The third kappa shape index (κ3) is 6.59. The lowest BCUT2D eigenvalue weighted by molar-refractivity contribution is -0.180. The first kappa shape index (κ1) is 16.0. The summed E-state index contributed by atoms with van der Waals surface area (Å²) in [7, 11) is 0. The number of hydrogen-bond acceptors (Lipinski definition) is 1. The van der Waals surface area contributed by atoms with E-state index < -0.39 is 12.8 Å². The molecular weight excluding hydrogens is 241 g/mol. The number of alkyl halides is 4. The molecule has 0 aromatic heterocycles. The topological polar surface area (TPSA) is 9.23 Å². The summed E-state index contributed by atoms with van der Waals surface area (Å²) in [6.45, 7) is 2.89. The molecule has 0 rings (SSSR count). The number of unbranched alkanes of at least 4 members (excludes halogenated alkanes) is 1. The van der Waals surface area contributed by atoms with Crippen LogP contribution in [0.2, 0.25) is 0 Å². The van der Waals surface area contributed by atoms with Crippen LogP contribution in [0.1, 0.15) is 39.5 Å². The lowest BCUT2D eigenvalue weighted by atomic mass is 9.83. The molecule has 0 spiro atoms. The smallest absolute Gasteiger partial charge is 0.371 e. The normalized spacial score (nSPS) is 16.1. The van der Waals surface area contributed by atoms with E-state index in [1.165, 1.54) is 0 Å². The Morgan fingerprint density at radius 1 is 1.12 bits per heavy atom. The van der Waals surface area contributed by atoms with Crippen LogP contribution >= 0.6 is 11.6 Å². The highest BCUT2D eigenvalue weighted by Crippen LogP contribution is 2.31. The molecule has 0 aliphatic rings. The van der Waals surface area contributed by atoms with Gasteiger partial charge in [0.1, 0.15) is 6.61 Å². The van der Waals surface area contributed by atoms with Gasteiger partial charge in [-0.2, -0.15) is 13.2 Å². The van der Waals surface area contributed by atoms with Crippen molar-refractivity contribution >= 4 is 11.6 Å². The monoisotopic (exact) mass is 260 g/mol. The highest BCUT2D eigenvalue weighted by Gasteiger charge is 2.31. The summed E-state index contributed by atoms with van der Waals surface area (Å²) >= 11 is 5.85. The Labute approximate surface area is 100 Å². The molecule has 0 aromatic rings. The lowest BCUT2D eigenvalue weighted by Crippen LogP contribution is -2.31. The largest absolute Gasteiger partial charge is 0.411 e. The third-order valence-corrected chi connectivity index (χ3v) is 3.34. The van der Waals surface area contributed by atoms with Gasteiger partial charge >= 0.3 is 6.18 Å². The van der Waals surface area contributed by atoms with Crippen molar-refractivity contribution in [3.63, 3.8) is 0 Å². The molecule has 98 valence electrons. The maximum absolute atomic E-state index is 11.9. The van der Waals surface area contributed by atoms with Crippen LogP contribution in [0, 0.1) is 5.41 Å². The van der Waals surface area contributed by atoms with Gasteiger partial charge in [0.05, 0.1) is 6.61 Å². The predicted molar refractivity (Wildman–Crippen MR) is 59.8 cm³/mol. The molecule has 16 heavy (non-hydrogen) atoms. The van der Waals surface area contributed by atoms with E-state index in [4.69, 9.17) is 16.3 Å². The van der Waals surface area contributed by atoms with Gasteiger partial charge in [0.2, 0.25) is 0 Å². The maximum Gasteiger partial charge on any atom is 0.411 e. The van der Waals surface area contributed by atoms with Gasteiger partial charge in [0.25, 0.3) is 0 Å². The summed E-state index contributed by atoms with van der Waals surface area (Å²) in [5.74, 6) is 0.349. The highest BCUT2D eigenvalue weighted by atomic mass is 35.5. The second kappa shape index (κ2) is 7.38. The predicted octanol–water partition coefficient (Wildman–Crippen LogP) is 4.39. The molecule has 1 unspecified atom stereocenters. The van der Waals surface area contributed by atoms with Crippen LogP contribution < -0.4 is 0 Å². The number of hydrogen-bond donors (Lipinski definition) is 0. The average molecular weight is 261 g/mol. The zero-order valence-corrected chi connectivity index (χ0v) is 10.6. The molecule has 1 atom stereocenters. The van der Waals surface area contributed by atoms with E-state index in [0.717, 1.165) is 25.7 Å². The minimum Gasteiger partial charge on any atom is -0.371 e. The quantitative estimate of drug-likeness (QED) is 0.588. The fourth-order valence-electron chi connectivity index (χ4n) is 1.49. The standard InChI is InChI=1S/C11H20ClF3O/c1-3-5-6-10(4-2,7-12)8-16-9-11(13,14)15/h3-9H2,1-2H3. The summed E-state index contributed by atoms with van der Waals surface area (Å²) in [6, 6.07) is 0. The van der Waals surface area contributed by atoms with Crippen molar-refractivity contribution in [1.82, 2.24) is 0 Å². The van der Waals surface area contributed by atoms with Gasteiger partial charge in [-0.25, -0.2) is 0 Å². The van der Waals surface area contributed by atoms with Crippen molar-refractivity contribution in [1.29, 1.82) is 0 Å². The van der Waals surface area contributed by atoms with Crippen LogP contribution in [0.5, 0.6) is 0 Å². The molecule has 0 aliphatic carbocycles. The Balaban J connectivity index is 4.11. The molecule has 0 saturated heterocycles. The first-order chi connectivity index (χ1) is 7.39. The molecule has 5 heteroatoms. The minimum atomic E-state index is -4.25. The Hall–Kier alpha value is 0.0400. The van der Waals surface area contributed by atoms with Gasteiger partial charge in [-0.15, -0.1) is 11.6 Å². The van der Waals surface area contributed by atoms with Crippen LogP contribution in [0.3, 0.4) is 0 Å². The van der Waals surface area contributed by atoms with Gasteiger partial charge in [-0.3, -0.25) is 0 Å². The summed E-state index contributed by atoms with van der Waals surface area (Å²) in [4.78, 5) is 0. The molecule has 0 amide bonds. The molecule has 0 aliphatic heterocycles. The van der Waals surface area contributed by atoms with Crippen molar-refractivity contribution in [2.24, 2.45) is 5.41 Å². The van der Waals surface area contributed by atoms with Crippen molar-refractivity contribution in [3.8, 4) is 0 Å². The van der Waals surface area contributed by atoms with E-state index in [1.807, 2.05) is 13.8 Å². The highest BCUT2D eigenvalue weighted by molar-refractivity contribution is 6.18. The van der Waals surface area contributed by atoms with Crippen molar-refractivity contribution in [3.05, 3.63) is 0 Å². The first-order valence-electron chi connectivity index (χ1n) is 5.59. The molecule has 0 radical (unpaired) electrons. The molecule has 0 N–H and O–H groups in total. The zero-order valence-electron chi connectivity index (χ0n) is 9.87. The van der Waals surface area contributed by atoms with Crippen LogP contribution in [0.25, 0.3) is 0 Å². The fourth-order valence-corrected chi connectivity index (χ4v) is 1.89. The van der Waals surface area contributed by atoms with E-state index in [0.29, 0.717) is 5.88 Å². The Bertz CT molecular complexity index is 179. The van der Waals surface area contributed by atoms with Crippen LogP contribution in [-0.4, -0.2) is 25.3 Å². The fraction of sp³-hybridized carbons (Fsp3) is 1.00. The summed E-state index contributed by atoms with van der Waals surface area (Å²) < 4.78 is 40.5. The van der Waals surface area contributed by atoms with Gasteiger partial charge < -0.3 is 4.74 Å². The number of rotatable bonds is 8. The van der Waals surface area contributed by atoms with E-state index >= 15 is 0 Å². The SMILES string of the molecule is CCCCC(CC)(CCl)COCC(F)(F)F. The van der Waals surface area contributed by atoms with E-state index in [-0.39, 0.29) is 12.0 Å². The molecule has 0 heterocycles. The first-order valence-corrected chi connectivity index (χ1v) is 6.13. The van der Waals surface area contributed by atoms with Crippen LogP contribution in [-0.2, 0) is 4.74 Å². The van der Waals surface area contributed by atoms with Gasteiger partial charge in [-0.05, 0) is 12.8 Å². The molecular formula is C11H20ClF3O. The van der Waals surface area contributed by atoms with Crippen LogP contribution in [0.15, 0.2) is 0 Å². The summed E-state index contributed by atoms with van der Waals surface area (Å²) in [6.07, 6.45) is -0.708. The Kier molecular flexibility index (Phi) is 7.40. The minimum absolute atomic E-state index is 0.0898. The Morgan fingerprint density at radius 2 is 1.75 bits per heavy atom. The second-order valence-corrected chi connectivity index (χ2v) is 4.47. The van der Waals surface area contributed by atoms with E-state index in [1.54, 1.807) is 0 Å². The van der Waals surface area contributed by atoms with Gasteiger partial charge in [0.15, 0.2) is 0 Å². The van der Waals surface area contributed by atoms with E-state index in [2.05, 4.69) is 0 Å². The summed E-state index contributed by atoms with van der Waals surface area (Å²) in [5, 5.41) is 0. The van der Waals surface area contributed by atoms with Crippen LogP contribution in [0.4, 0.5) is 13.2 Å². The zero-order chi connectivity index (χ0) is 12.7. The molecule has 0 bridgehead atoms. The lowest BCUT2D eigenvalue weighted by Gasteiger charge is -2.30. The molecule has 1 nitrogen and oxygen atoms in total. The van der Waals surface area contributed by atoms with Gasteiger partial charge in [-0.1, -0.05) is 26.7 Å². The molecule has 0 saturated carbocycles. The van der Waals surface area contributed by atoms with Crippen molar-refractivity contribution < 1.29 is 17.9 Å². The number of halogens is 4.